The maximum atomic E-state index is 13.1. The van der Waals surface area contributed by atoms with Crippen molar-refractivity contribution in [3.63, 3.8) is 0 Å². The van der Waals surface area contributed by atoms with Crippen molar-refractivity contribution < 1.29 is 41.1 Å². The van der Waals surface area contributed by atoms with Gasteiger partial charge in [0.25, 0.3) is 0 Å². The third-order valence-electron chi connectivity index (χ3n) is 4.97. The molecule has 2 aliphatic heterocycles. The normalized spacial score (nSPS) is 22.6. The van der Waals surface area contributed by atoms with Gasteiger partial charge in [0.15, 0.2) is 0 Å². The van der Waals surface area contributed by atoms with E-state index in [9.17, 15) is 19.2 Å². The highest BCUT2D eigenvalue weighted by atomic mass is 32.2. The van der Waals surface area contributed by atoms with E-state index in [2.05, 4.69) is 20.6 Å². The van der Waals surface area contributed by atoms with Crippen molar-refractivity contribution in [2.45, 2.75) is 49.6 Å². The minimum Gasteiger partial charge on any atom is -0.412 e. The molecule has 0 aromatic carbocycles. The Morgan fingerprint density at radius 3 is 2.56 bits per heavy atom. The second-order valence-corrected chi connectivity index (χ2v) is 8.34. The fourth-order valence-electron chi connectivity index (χ4n) is 3.40. The Labute approximate surface area is 188 Å². The fraction of sp³-hybridized carbons (Fsp3) is 0.588. The molecule has 0 aliphatic carbocycles. The van der Waals surface area contributed by atoms with Crippen molar-refractivity contribution in [2.75, 3.05) is 12.3 Å². The molecule has 15 heteroatoms. The molecule has 14 nitrogen and oxygen atoms in total. The summed E-state index contributed by atoms with van der Waals surface area (Å²) in [6.07, 6.45) is 4.44. The number of likely N-dealkylation sites (tertiary alicyclic amines) is 1. The summed E-state index contributed by atoms with van der Waals surface area (Å²) in [7, 11) is 0. The molecular weight excluding hydrogens is 448 g/mol. The summed E-state index contributed by atoms with van der Waals surface area (Å²) in [5.74, 6) is -1.13. The van der Waals surface area contributed by atoms with E-state index in [0.717, 1.165) is 0 Å². The average Bonchev–Trinajstić information content (AvgIpc) is 3.34. The molecule has 0 radical (unpaired) electrons. The second kappa shape index (κ2) is 13.6. The number of aromatic nitrogens is 2. The van der Waals surface area contributed by atoms with Crippen LogP contribution in [0.1, 0.15) is 25.5 Å². The third-order valence-corrected chi connectivity index (χ3v) is 6.21. The number of hydrogen-bond donors (Lipinski definition) is 4. The van der Waals surface area contributed by atoms with Crippen LogP contribution in [0.15, 0.2) is 12.5 Å². The summed E-state index contributed by atoms with van der Waals surface area (Å²) in [6.45, 7) is 2.19. The Morgan fingerprint density at radius 2 is 2.00 bits per heavy atom. The highest BCUT2D eigenvalue weighted by Gasteiger charge is 2.38. The van der Waals surface area contributed by atoms with Crippen LogP contribution in [-0.4, -0.2) is 96.1 Å². The lowest BCUT2D eigenvalue weighted by Gasteiger charge is -2.30. The van der Waals surface area contributed by atoms with Gasteiger partial charge in [-0.05, 0) is 19.8 Å². The van der Waals surface area contributed by atoms with E-state index in [1.54, 1.807) is 13.1 Å². The van der Waals surface area contributed by atoms with Crippen molar-refractivity contribution in [1.29, 1.82) is 0 Å². The maximum Gasteiger partial charge on any atom is 0.246 e. The van der Waals surface area contributed by atoms with Crippen LogP contribution in [0.25, 0.3) is 0 Å². The van der Waals surface area contributed by atoms with Gasteiger partial charge >= 0.3 is 0 Å². The number of aromatic amines is 1. The Balaban J connectivity index is 0. The van der Waals surface area contributed by atoms with Gasteiger partial charge in [0, 0.05) is 30.6 Å². The molecule has 2 fully saturated rings. The van der Waals surface area contributed by atoms with Crippen LogP contribution in [0.4, 0.5) is 0 Å². The summed E-state index contributed by atoms with van der Waals surface area (Å²) in [5.41, 5.74) is 6.09. The molecule has 4 atom stereocenters. The van der Waals surface area contributed by atoms with E-state index in [4.69, 9.17) is 5.73 Å². The molecule has 3 heterocycles. The minimum atomic E-state index is -0.894. The molecule has 1 aromatic heterocycles. The minimum absolute atomic E-state index is 0. The molecule has 1 aromatic rings. The number of rotatable bonds is 6. The van der Waals surface area contributed by atoms with E-state index < -0.39 is 29.9 Å². The standard InChI is InChI=1S/C17H24N6O4S.4H2O/c1-9-15(25)22-12(7-28-9)16(26)21-11(5-10-6-19-8-20-10)17(27)23-4-2-3-13(23)14(18)24;;;;/h6,8-9,11-13H,2-5,7H2,1H3,(H2,18,24)(H,19,20)(H,21,26)(H,22,25);4*1H2/t9-,11+,12+,13+;;;;/m1..../s1. The Kier molecular flexibility index (Phi) is 13.4. The highest BCUT2D eigenvalue weighted by Crippen LogP contribution is 2.20. The zero-order valence-electron chi connectivity index (χ0n) is 17.5. The molecule has 32 heavy (non-hydrogen) atoms. The quantitative estimate of drug-likeness (QED) is 0.310. The lowest BCUT2D eigenvalue weighted by Crippen LogP contribution is -2.59. The number of amides is 4. The van der Waals surface area contributed by atoms with E-state index in [-0.39, 0.29) is 45.4 Å². The van der Waals surface area contributed by atoms with Gasteiger partial charge in [0.1, 0.15) is 18.1 Å². The Bertz CT molecular complexity index is 764. The number of primary amides is 1. The average molecular weight is 481 g/mol. The smallest absolute Gasteiger partial charge is 0.246 e. The molecule has 2 aliphatic rings. The topological polar surface area (TPSA) is 276 Å². The van der Waals surface area contributed by atoms with Gasteiger partial charge < -0.3 is 48.2 Å². The van der Waals surface area contributed by atoms with Gasteiger partial charge in [-0.25, -0.2) is 4.98 Å². The first-order chi connectivity index (χ1) is 13.4. The van der Waals surface area contributed by atoms with Crippen LogP contribution in [0.3, 0.4) is 0 Å². The molecule has 0 bridgehead atoms. The number of hydrogen-bond acceptors (Lipinski definition) is 6. The molecule has 0 saturated carbocycles. The maximum absolute atomic E-state index is 13.1. The van der Waals surface area contributed by atoms with Crippen LogP contribution in [0, 0.1) is 0 Å². The molecule has 0 spiro atoms. The molecule has 3 rings (SSSR count). The Morgan fingerprint density at radius 1 is 1.31 bits per heavy atom. The van der Waals surface area contributed by atoms with Crippen molar-refractivity contribution >= 4 is 35.4 Å². The van der Waals surface area contributed by atoms with Gasteiger partial charge in [-0.15, -0.1) is 11.8 Å². The number of nitrogens with one attached hydrogen (secondary N) is 3. The van der Waals surface area contributed by atoms with Crippen molar-refractivity contribution in [2.24, 2.45) is 5.73 Å². The van der Waals surface area contributed by atoms with Crippen molar-refractivity contribution in [3.05, 3.63) is 18.2 Å². The van der Waals surface area contributed by atoms with E-state index in [1.165, 1.54) is 23.0 Å². The molecule has 2 saturated heterocycles. The van der Waals surface area contributed by atoms with E-state index >= 15 is 0 Å². The molecular formula is C17H32N6O8S. The summed E-state index contributed by atoms with van der Waals surface area (Å²) in [6, 6.07) is -2.27. The number of nitrogens with two attached hydrogens (primary N) is 1. The Hall–Kier alpha value is -2.72. The highest BCUT2D eigenvalue weighted by molar-refractivity contribution is 8.00. The van der Waals surface area contributed by atoms with Crippen LogP contribution in [0.5, 0.6) is 0 Å². The predicted molar refractivity (Wildman–Crippen MR) is 116 cm³/mol. The molecule has 184 valence electrons. The zero-order chi connectivity index (χ0) is 20.3. The number of H-pyrrole nitrogens is 1. The fourth-order valence-corrected chi connectivity index (χ4v) is 4.34. The van der Waals surface area contributed by atoms with Gasteiger partial charge in [0.05, 0.1) is 11.6 Å². The van der Waals surface area contributed by atoms with E-state index in [1.807, 2.05) is 0 Å². The molecule has 0 unspecified atom stereocenters. The summed E-state index contributed by atoms with van der Waals surface area (Å²) < 4.78 is 0. The van der Waals surface area contributed by atoms with Gasteiger partial charge in [-0.3, -0.25) is 19.2 Å². The van der Waals surface area contributed by atoms with Gasteiger partial charge in [-0.1, -0.05) is 0 Å². The lowest BCUT2D eigenvalue weighted by atomic mass is 10.1. The first-order valence-electron chi connectivity index (χ1n) is 9.16. The SMILES string of the molecule is C[C@H]1SC[C@@H](C(=O)N[C@@H](Cc2cnc[nH]2)C(=O)N2CCC[C@H]2C(N)=O)NC1=O.O.O.O.O. The van der Waals surface area contributed by atoms with Crippen LogP contribution < -0.4 is 16.4 Å². The molecule has 4 amide bonds. The lowest BCUT2D eigenvalue weighted by molar-refractivity contribution is -0.141. The first-order valence-corrected chi connectivity index (χ1v) is 10.2. The van der Waals surface area contributed by atoms with Crippen LogP contribution >= 0.6 is 11.8 Å². The van der Waals surface area contributed by atoms with Crippen molar-refractivity contribution in [1.82, 2.24) is 25.5 Å². The number of imidazole rings is 1. The predicted octanol–water partition coefficient (Wildman–Crippen LogP) is -4.77. The van der Waals surface area contributed by atoms with Crippen LogP contribution in [-0.2, 0) is 25.6 Å². The van der Waals surface area contributed by atoms with Crippen LogP contribution in [0.2, 0.25) is 0 Å². The largest absolute Gasteiger partial charge is 0.412 e. The monoisotopic (exact) mass is 480 g/mol. The number of nitrogens with zero attached hydrogens (tertiary/aromatic N) is 2. The summed E-state index contributed by atoms with van der Waals surface area (Å²) in [5, 5.41) is 5.20. The zero-order valence-corrected chi connectivity index (χ0v) is 18.3. The molecule has 13 N–H and O–H groups in total. The number of carbonyl (C=O) groups excluding carboxylic acids is 4. The van der Waals surface area contributed by atoms with Gasteiger partial charge in [-0.2, -0.15) is 0 Å². The van der Waals surface area contributed by atoms with Gasteiger partial charge in [0.2, 0.25) is 23.6 Å². The van der Waals surface area contributed by atoms with E-state index in [0.29, 0.717) is 30.8 Å². The first kappa shape index (κ1) is 31.5. The summed E-state index contributed by atoms with van der Waals surface area (Å²) in [4.78, 5) is 57.6. The number of thioether (sulfide) groups is 1. The van der Waals surface area contributed by atoms with Crippen molar-refractivity contribution in [3.8, 4) is 0 Å². The summed E-state index contributed by atoms with van der Waals surface area (Å²) >= 11 is 1.39. The third kappa shape index (κ3) is 7.16. The second-order valence-electron chi connectivity index (χ2n) is 6.97. The number of carbonyl (C=O) groups is 4.